The zero-order valence-electron chi connectivity index (χ0n) is 12.9. The number of hydrogen-bond donors (Lipinski definition) is 0. The Morgan fingerprint density at radius 1 is 1.00 bits per heavy atom. The van der Waals surface area contributed by atoms with E-state index in [1.807, 2.05) is 41.5 Å². The summed E-state index contributed by atoms with van der Waals surface area (Å²) in [6.07, 6.45) is -0.154. The zero-order valence-corrected chi connectivity index (χ0v) is 12.9. The van der Waals surface area contributed by atoms with E-state index in [1.165, 1.54) is 0 Å². The summed E-state index contributed by atoms with van der Waals surface area (Å²) < 4.78 is 23.8. The third kappa shape index (κ3) is 7.16. The lowest BCUT2D eigenvalue weighted by molar-refractivity contribution is -0.132. The summed E-state index contributed by atoms with van der Waals surface area (Å²) in [6.45, 7) is 11.6. The quantitative estimate of drug-likeness (QED) is 0.680. The van der Waals surface area contributed by atoms with E-state index in [0.29, 0.717) is 11.3 Å². The predicted molar refractivity (Wildman–Crippen MR) is 78.1 cm³/mol. The van der Waals surface area contributed by atoms with Crippen LogP contribution >= 0.6 is 0 Å². The monoisotopic (exact) mass is 270 g/mol. The van der Waals surface area contributed by atoms with Crippen molar-refractivity contribution in [2.75, 3.05) is 0 Å². The molecule has 2 nitrogen and oxygen atoms in total. The minimum Gasteiger partial charge on any atom is -0.465 e. The molecule has 0 amide bonds. The minimum absolute atomic E-state index is 0.118. The van der Waals surface area contributed by atoms with Gasteiger partial charge >= 0.3 is 0 Å². The van der Waals surface area contributed by atoms with Gasteiger partial charge in [-0.05, 0) is 31.5 Å². The molecule has 0 spiro atoms. The molecule has 3 heteroatoms. The second-order valence-corrected chi connectivity index (χ2v) is 4.69. The summed E-state index contributed by atoms with van der Waals surface area (Å²) in [5, 5.41) is 0. The van der Waals surface area contributed by atoms with Gasteiger partial charge < -0.3 is 9.47 Å². The van der Waals surface area contributed by atoms with E-state index < -0.39 is 6.67 Å². The first-order valence-corrected chi connectivity index (χ1v) is 7.00. The molecule has 0 aromatic heterocycles. The first kappa shape index (κ1) is 17.9. The topological polar surface area (TPSA) is 18.5 Å². The van der Waals surface area contributed by atoms with E-state index in [0.717, 1.165) is 0 Å². The molecule has 0 fully saturated rings. The van der Waals surface area contributed by atoms with Crippen molar-refractivity contribution < 1.29 is 13.9 Å². The Morgan fingerprint density at radius 3 is 1.89 bits per heavy atom. The van der Waals surface area contributed by atoms with Crippen LogP contribution in [0.15, 0.2) is 24.3 Å². The van der Waals surface area contributed by atoms with E-state index in [1.54, 1.807) is 24.3 Å². The number of ether oxygens (including phenoxy) is 2. The summed E-state index contributed by atoms with van der Waals surface area (Å²) in [5.41, 5.74) is 0.656. The van der Waals surface area contributed by atoms with Crippen LogP contribution in [-0.4, -0.2) is 12.4 Å². The first-order chi connectivity index (χ1) is 9.02. The Labute approximate surface area is 116 Å². The van der Waals surface area contributed by atoms with Crippen molar-refractivity contribution in [3.63, 3.8) is 0 Å². The molecule has 0 bridgehead atoms. The highest BCUT2D eigenvalue weighted by atomic mass is 19.1. The Hall–Kier alpha value is -1.09. The lowest BCUT2D eigenvalue weighted by Gasteiger charge is -2.24. The third-order valence-electron chi connectivity index (χ3n) is 2.28. The highest BCUT2D eigenvalue weighted by Gasteiger charge is 2.17. The van der Waals surface area contributed by atoms with Gasteiger partial charge in [-0.3, -0.25) is 0 Å². The van der Waals surface area contributed by atoms with Crippen molar-refractivity contribution in [1.82, 2.24) is 0 Å². The van der Waals surface area contributed by atoms with Gasteiger partial charge in [0.15, 0.2) is 0 Å². The second-order valence-electron chi connectivity index (χ2n) is 4.69. The van der Waals surface area contributed by atoms with Crippen LogP contribution in [0.1, 0.15) is 47.1 Å². The fourth-order valence-electron chi connectivity index (χ4n) is 1.38. The number of halogens is 1. The maximum absolute atomic E-state index is 12.4. The van der Waals surface area contributed by atoms with E-state index >= 15 is 0 Å². The van der Waals surface area contributed by atoms with Gasteiger partial charge in [0.1, 0.15) is 12.4 Å². The summed E-state index contributed by atoms with van der Waals surface area (Å²) in [7, 11) is 0. The van der Waals surface area contributed by atoms with Gasteiger partial charge in [0.25, 0.3) is 0 Å². The van der Waals surface area contributed by atoms with Crippen LogP contribution in [0.3, 0.4) is 0 Å². The van der Waals surface area contributed by atoms with Gasteiger partial charge in [-0.15, -0.1) is 0 Å². The Bertz CT molecular complexity index is 320. The van der Waals surface area contributed by atoms with Crippen molar-refractivity contribution >= 4 is 0 Å². The molecule has 0 N–H and O–H groups in total. The van der Waals surface area contributed by atoms with Crippen molar-refractivity contribution in [2.24, 2.45) is 5.92 Å². The molecule has 1 aromatic rings. The van der Waals surface area contributed by atoms with Gasteiger partial charge in [-0.2, -0.15) is 0 Å². The molecule has 0 radical (unpaired) electrons. The second kappa shape index (κ2) is 9.79. The average Bonchev–Trinajstić information content (AvgIpc) is 2.40. The molecule has 0 saturated carbocycles. The van der Waals surface area contributed by atoms with Crippen LogP contribution in [0.5, 0.6) is 5.75 Å². The smallest absolute Gasteiger partial charge is 0.202 e. The van der Waals surface area contributed by atoms with E-state index in [9.17, 15) is 4.39 Å². The van der Waals surface area contributed by atoms with Crippen LogP contribution in [-0.2, 0) is 11.4 Å². The molecule has 1 unspecified atom stereocenters. The molecule has 1 aromatic carbocycles. The standard InChI is InChI=1S/C14H21FO2.C2H6/c1-10(2)14(16-11(3)4)17-13-7-5-12(9-15)6-8-13;1-2/h5-8,10-11,14H,9H2,1-4H3;1-2H3. The molecular formula is C16H27FO2. The van der Waals surface area contributed by atoms with Crippen LogP contribution in [0.2, 0.25) is 0 Å². The Kier molecular flexibility index (Phi) is 9.23. The largest absolute Gasteiger partial charge is 0.465 e. The SMILES string of the molecule is CC.CC(C)OC(Oc1ccc(CF)cc1)C(C)C. The summed E-state index contributed by atoms with van der Waals surface area (Å²) >= 11 is 0. The van der Waals surface area contributed by atoms with E-state index in [2.05, 4.69) is 0 Å². The normalized spacial score (nSPS) is 12.1. The maximum Gasteiger partial charge on any atom is 0.202 e. The first-order valence-electron chi connectivity index (χ1n) is 7.00. The van der Waals surface area contributed by atoms with Crippen molar-refractivity contribution in [3.8, 4) is 5.75 Å². The van der Waals surface area contributed by atoms with Gasteiger partial charge in [0.05, 0.1) is 6.10 Å². The van der Waals surface area contributed by atoms with Gasteiger partial charge in [0.2, 0.25) is 6.29 Å². The van der Waals surface area contributed by atoms with Crippen molar-refractivity contribution in [2.45, 2.75) is 60.6 Å². The zero-order chi connectivity index (χ0) is 14.8. The molecule has 0 saturated heterocycles. The van der Waals surface area contributed by atoms with Crippen LogP contribution in [0.4, 0.5) is 4.39 Å². The maximum atomic E-state index is 12.4. The van der Waals surface area contributed by atoms with Gasteiger partial charge in [-0.25, -0.2) is 4.39 Å². The molecule has 1 atom stereocenters. The lowest BCUT2D eigenvalue weighted by atomic mass is 10.2. The van der Waals surface area contributed by atoms with Crippen LogP contribution < -0.4 is 4.74 Å². The van der Waals surface area contributed by atoms with Gasteiger partial charge in [-0.1, -0.05) is 39.8 Å². The summed E-state index contributed by atoms with van der Waals surface area (Å²) in [6, 6.07) is 6.99. The molecule has 110 valence electrons. The summed E-state index contributed by atoms with van der Waals surface area (Å²) in [5.74, 6) is 0.972. The van der Waals surface area contributed by atoms with Crippen molar-refractivity contribution in [3.05, 3.63) is 29.8 Å². The Balaban J connectivity index is 0.00000154. The third-order valence-corrected chi connectivity index (χ3v) is 2.28. The number of hydrogen-bond acceptors (Lipinski definition) is 2. The average molecular weight is 270 g/mol. The molecule has 0 aliphatic rings. The number of rotatable bonds is 6. The minimum atomic E-state index is -0.448. The number of alkyl halides is 1. The van der Waals surface area contributed by atoms with E-state index in [4.69, 9.17) is 9.47 Å². The highest BCUT2D eigenvalue weighted by molar-refractivity contribution is 5.26. The predicted octanol–water partition coefficient (Wildman–Crippen LogP) is 4.97. The summed E-state index contributed by atoms with van der Waals surface area (Å²) in [4.78, 5) is 0. The lowest BCUT2D eigenvalue weighted by Crippen LogP contribution is -2.29. The molecule has 0 aliphatic carbocycles. The fraction of sp³-hybridized carbons (Fsp3) is 0.625. The van der Waals surface area contributed by atoms with Gasteiger partial charge in [0, 0.05) is 5.92 Å². The molecule has 0 heterocycles. The molecular weight excluding hydrogens is 243 g/mol. The van der Waals surface area contributed by atoms with E-state index in [-0.39, 0.29) is 18.3 Å². The van der Waals surface area contributed by atoms with Crippen LogP contribution in [0.25, 0.3) is 0 Å². The fourth-order valence-corrected chi connectivity index (χ4v) is 1.38. The van der Waals surface area contributed by atoms with Crippen molar-refractivity contribution in [1.29, 1.82) is 0 Å². The highest BCUT2D eigenvalue weighted by Crippen LogP contribution is 2.19. The molecule has 0 aliphatic heterocycles. The molecule has 19 heavy (non-hydrogen) atoms. The number of benzene rings is 1. The Morgan fingerprint density at radius 2 is 1.53 bits per heavy atom. The van der Waals surface area contributed by atoms with Crippen LogP contribution in [0, 0.1) is 5.92 Å². The molecule has 1 rings (SSSR count).